The SMILES string of the molecule is CC(=O)CCCSc1nnnn1Cc1ccco1. The molecular weight excluding hydrogens is 252 g/mol. The van der Waals surface area contributed by atoms with Crippen LogP contribution in [0.25, 0.3) is 0 Å². The molecule has 6 nitrogen and oxygen atoms in total. The summed E-state index contributed by atoms with van der Waals surface area (Å²) < 4.78 is 6.94. The zero-order chi connectivity index (χ0) is 12.8. The number of hydrogen-bond acceptors (Lipinski definition) is 6. The van der Waals surface area contributed by atoms with E-state index >= 15 is 0 Å². The van der Waals surface area contributed by atoms with Crippen LogP contribution in [0.1, 0.15) is 25.5 Å². The van der Waals surface area contributed by atoms with Crippen molar-refractivity contribution in [2.45, 2.75) is 31.5 Å². The lowest BCUT2D eigenvalue weighted by atomic mass is 10.3. The standard InChI is InChI=1S/C11H14N4O2S/c1-9(16)4-3-7-18-11-12-13-14-15(11)8-10-5-2-6-17-10/h2,5-6H,3-4,7-8H2,1H3. The average Bonchev–Trinajstić information content (AvgIpc) is 2.97. The van der Waals surface area contributed by atoms with Crippen LogP contribution >= 0.6 is 11.8 Å². The van der Waals surface area contributed by atoms with Gasteiger partial charge in [0.25, 0.3) is 0 Å². The van der Waals surface area contributed by atoms with Crippen molar-refractivity contribution in [2.75, 3.05) is 5.75 Å². The fourth-order valence-corrected chi connectivity index (χ4v) is 2.25. The summed E-state index contributed by atoms with van der Waals surface area (Å²) in [6.45, 7) is 2.13. The van der Waals surface area contributed by atoms with Crippen LogP contribution in [-0.2, 0) is 11.3 Å². The van der Waals surface area contributed by atoms with Crippen LogP contribution < -0.4 is 0 Å². The highest BCUT2D eigenvalue weighted by molar-refractivity contribution is 7.99. The molecule has 0 N–H and O–H groups in total. The highest BCUT2D eigenvalue weighted by Crippen LogP contribution is 2.16. The smallest absolute Gasteiger partial charge is 0.209 e. The van der Waals surface area contributed by atoms with Gasteiger partial charge >= 0.3 is 0 Å². The molecule has 18 heavy (non-hydrogen) atoms. The number of aromatic nitrogens is 4. The molecule has 2 aromatic rings. The number of rotatable bonds is 7. The van der Waals surface area contributed by atoms with Crippen LogP contribution in [-0.4, -0.2) is 31.7 Å². The van der Waals surface area contributed by atoms with Crippen molar-refractivity contribution >= 4 is 17.5 Å². The van der Waals surface area contributed by atoms with Crippen molar-refractivity contribution in [3.05, 3.63) is 24.2 Å². The number of tetrazole rings is 1. The average molecular weight is 266 g/mol. The molecule has 0 aliphatic carbocycles. The largest absolute Gasteiger partial charge is 0.467 e. The van der Waals surface area contributed by atoms with Crippen molar-refractivity contribution in [1.29, 1.82) is 0 Å². The molecule has 0 unspecified atom stereocenters. The molecule has 7 heteroatoms. The Labute approximate surface area is 109 Å². The van der Waals surface area contributed by atoms with Gasteiger partial charge in [-0.15, -0.1) is 5.10 Å². The zero-order valence-electron chi connectivity index (χ0n) is 10.1. The summed E-state index contributed by atoms with van der Waals surface area (Å²) in [6, 6.07) is 3.71. The Balaban J connectivity index is 1.85. The van der Waals surface area contributed by atoms with Crippen molar-refractivity contribution in [3.63, 3.8) is 0 Å². The fraction of sp³-hybridized carbons (Fsp3) is 0.455. The first-order valence-electron chi connectivity index (χ1n) is 5.66. The van der Waals surface area contributed by atoms with Gasteiger partial charge in [0.15, 0.2) is 0 Å². The van der Waals surface area contributed by atoms with Crippen molar-refractivity contribution in [2.24, 2.45) is 0 Å². The van der Waals surface area contributed by atoms with Gasteiger partial charge in [0.1, 0.15) is 18.1 Å². The fourth-order valence-electron chi connectivity index (χ4n) is 1.43. The van der Waals surface area contributed by atoms with Gasteiger partial charge in [-0.2, -0.15) is 0 Å². The molecule has 2 heterocycles. The molecule has 0 aromatic carbocycles. The minimum absolute atomic E-state index is 0.214. The first-order chi connectivity index (χ1) is 8.75. The number of thioether (sulfide) groups is 1. The molecular formula is C11H14N4O2S. The van der Waals surface area contributed by atoms with Crippen molar-refractivity contribution in [1.82, 2.24) is 20.2 Å². The van der Waals surface area contributed by atoms with E-state index in [0.29, 0.717) is 13.0 Å². The quantitative estimate of drug-likeness (QED) is 0.561. The molecule has 0 fully saturated rings. The Bertz CT molecular complexity index is 495. The molecule has 0 amide bonds. The van der Waals surface area contributed by atoms with Gasteiger partial charge in [0, 0.05) is 12.2 Å². The van der Waals surface area contributed by atoms with E-state index in [0.717, 1.165) is 23.1 Å². The molecule has 96 valence electrons. The van der Waals surface area contributed by atoms with E-state index in [1.54, 1.807) is 29.6 Å². The number of carbonyl (C=O) groups excluding carboxylic acids is 1. The summed E-state index contributed by atoms with van der Waals surface area (Å²) in [5.74, 6) is 1.86. The molecule has 0 atom stereocenters. The number of furan rings is 1. The maximum absolute atomic E-state index is 10.8. The lowest BCUT2D eigenvalue weighted by molar-refractivity contribution is -0.117. The van der Waals surface area contributed by atoms with Crippen LogP contribution in [0.3, 0.4) is 0 Å². The Morgan fingerprint density at radius 1 is 1.56 bits per heavy atom. The minimum atomic E-state index is 0.214. The summed E-state index contributed by atoms with van der Waals surface area (Å²) in [5.41, 5.74) is 0. The van der Waals surface area contributed by atoms with Crippen LogP contribution in [0.15, 0.2) is 28.0 Å². The third kappa shape index (κ3) is 3.69. The molecule has 0 saturated carbocycles. The summed E-state index contributed by atoms with van der Waals surface area (Å²) in [5, 5.41) is 12.3. The topological polar surface area (TPSA) is 73.8 Å². The molecule has 0 aliphatic heterocycles. The van der Waals surface area contributed by atoms with E-state index < -0.39 is 0 Å². The number of nitrogens with zero attached hydrogens (tertiary/aromatic N) is 4. The lowest BCUT2D eigenvalue weighted by Gasteiger charge is -2.01. The van der Waals surface area contributed by atoms with E-state index in [1.807, 2.05) is 12.1 Å². The van der Waals surface area contributed by atoms with Crippen molar-refractivity contribution < 1.29 is 9.21 Å². The van der Waals surface area contributed by atoms with Crippen molar-refractivity contribution in [3.8, 4) is 0 Å². The predicted molar refractivity (Wildman–Crippen MR) is 66.3 cm³/mol. The minimum Gasteiger partial charge on any atom is -0.467 e. The van der Waals surface area contributed by atoms with Crippen LogP contribution in [0.4, 0.5) is 0 Å². The highest BCUT2D eigenvalue weighted by Gasteiger charge is 2.08. The first-order valence-corrected chi connectivity index (χ1v) is 6.65. The molecule has 0 saturated heterocycles. The molecule has 0 aliphatic rings. The van der Waals surface area contributed by atoms with Gasteiger partial charge in [-0.3, -0.25) is 0 Å². The Morgan fingerprint density at radius 2 is 2.44 bits per heavy atom. The Morgan fingerprint density at radius 3 is 3.17 bits per heavy atom. The summed E-state index contributed by atoms with van der Waals surface area (Å²) in [4.78, 5) is 10.8. The summed E-state index contributed by atoms with van der Waals surface area (Å²) >= 11 is 1.55. The monoisotopic (exact) mass is 266 g/mol. The molecule has 2 rings (SSSR count). The van der Waals surface area contributed by atoms with Crippen LogP contribution in [0, 0.1) is 0 Å². The number of carbonyl (C=O) groups is 1. The molecule has 0 spiro atoms. The first kappa shape index (κ1) is 12.8. The summed E-state index contributed by atoms with van der Waals surface area (Å²) in [6.07, 6.45) is 3.07. The van der Waals surface area contributed by atoms with E-state index in [1.165, 1.54) is 0 Å². The molecule has 0 radical (unpaired) electrons. The molecule has 0 bridgehead atoms. The van der Waals surface area contributed by atoms with E-state index in [-0.39, 0.29) is 5.78 Å². The van der Waals surface area contributed by atoms with Gasteiger partial charge in [0.05, 0.1) is 6.26 Å². The predicted octanol–water partition coefficient (Wildman–Crippen LogP) is 1.78. The van der Waals surface area contributed by atoms with Gasteiger partial charge < -0.3 is 9.21 Å². The summed E-state index contributed by atoms with van der Waals surface area (Å²) in [7, 11) is 0. The Kier molecular flexibility index (Phi) is 4.52. The van der Waals surface area contributed by atoms with E-state index in [4.69, 9.17) is 4.42 Å². The third-order valence-corrected chi connectivity index (χ3v) is 3.33. The number of ketones is 1. The van der Waals surface area contributed by atoms with Gasteiger partial charge in [0.2, 0.25) is 5.16 Å². The van der Waals surface area contributed by atoms with Gasteiger partial charge in [-0.25, -0.2) is 4.68 Å². The normalized spacial score (nSPS) is 10.7. The highest BCUT2D eigenvalue weighted by atomic mass is 32.2. The lowest BCUT2D eigenvalue weighted by Crippen LogP contribution is -2.03. The zero-order valence-corrected chi connectivity index (χ0v) is 10.9. The van der Waals surface area contributed by atoms with Crippen LogP contribution in [0.2, 0.25) is 0 Å². The Hall–Kier alpha value is -1.63. The maximum Gasteiger partial charge on any atom is 0.209 e. The third-order valence-electron chi connectivity index (χ3n) is 2.29. The number of Topliss-reactive ketones (excluding diaryl/α,β-unsaturated/α-hetero) is 1. The second-order valence-corrected chi connectivity index (χ2v) is 4.91. The second kappa shape index (κ2) is 6.34. The van der Waals surface area contributed by atoms with Gasteiger partial charge in [-0.1, -0.05) is 11.8 Å². The molecule has 2 aromatic heterocycles. The number of hydrogen-bond donors (Lipinski definition) is 0. The van der Waals surface area contributed by atoms with Crippen LogP contribution in [0.5, 0.6) is 0 Å². The second-order valence-electron chi connectivity index (χ2n) is 3.85. The van der Waals surface area contributed by atoms with E-state index in [2.05, 4.69) is 15.5 Å². The van der Waals surface area contributed by atoms with E-state index in [9.17, 15) is 4.79 Å². The van der Waals surface area contributed by atoms with Gasteiger partial charge in [-0.05, 0) is 35.9 Å². The maximum atomic E-state index is 10.8.